The molecular weight excluding hydrogens is 268 g/mol. The summed E-state index contributed by atoms with van der Waals surface area (Å²) in [7, 11) is 1.93. The van der Waals surface area contributed by atoms with Crippen molar-refractivity contribution in [1.82, 2.24) is 21.1 Å². The number of amides is 2. The van der Waals surface area contributed by atoms with Gasteiger partial charge in [-0.15, -0.1) is 0 Å². The lowest BCUT2D eigenvalue weighted by molar-refractivity contribution is -0.123. The molecular formula is C15H22N4O2. The van der Waals surface area contributed by atoms with Gasteiger partial charge in [0.1, 0.15) is 0 Å². The molecule has 1 atom stereocenters. The highest BCUT2D eigenvalue weighted by atomic mass is 16.2. The summed E-state index contributed by atoms with van der Waals surface area (Å²) in [6.07, 6.45) is 2.22. The summed E-state index contributed by atoms with van der Waals surface area (Å²) in [5.74, 6) is -0.529. The quantitative estimate of drug-likeness (QED) is 0.689. The van der Waals surface area contributed by atoms with Crippen molar-refractivity contribution in [3.05, 3.63) is 35.9 Å². The van der Waals surface area contributed by atoms with Gasteiger partial charge in [0.05, 0.1) is 6.54 Å². The molecule has 0 radical (unpaired) electrons. The normalized spacial score (nSPS) is 18.3. The molecule has 1 heterocycles. The Morgan fingerprint density at radius 3 is 2.71 bits per heavy atom. The number of rotatable bonds is 4. The molecule has 21 heavy (non-hydrogen) atoms. The molecule has 1 aromatic rings. The van der Waals surface area contributed by atoms with Crippen LogP contribution >= 0.6 is 0 Å². The van der Waals surface area contributed by atoms with Gasteiger partial charge in [-0.25, -0.2) is 0 Å². The van der Waals surface area contributed by atoms with E-state index in [-0.39, 0.29) is 18.4 Å². The fourth-order valence-corrected chi connectivity index (χ4v) is 2.39. The third kappa shape index (κ3) is 4.84. The predicted octanol–water partition coefficient (Wildman–Crippen LogP) is 0.131. The fraction of sp³-hybridized carbons (Fsp3) is 0.467. The molecule has 1 fully saturated rings. The molecule has 1 aromatic carbocycles. The topological polar surface area (TPSA) is 73.5 Å². The van der Waals surface area contributed by atoms with Crippen LogP contribution in [-0.2, 0) is 4.79 Å². The number of carbonyl (C=O) groups excluding carboxylic acids is 2. The minimum absolute atomic E-state index is 0.215. The molecule has 1 saturated heterocycles. The summed E-state index contributed by atoms with van der Waals surface area (Å²) in [6, 6.07) is 9.15. The number of likely N-dealkylation sites (N-methyl/N-ethyl adjacent to an activating group) is 1. The van der Waals surface area contributed by atoms with Crippen molar-refractivity contribution in [3.8, 4) is 0 Å². The second-order valence-electron chi connectivity index (χ2n) is 5.28. The number of hydrogen-bond donors (Lipinski definition) is 3. The molecule has 0 spiro atoms. The van der Waals surface area contributed by atoms with Gasteiger partial charge < -0.3 is 5.32 Å². The van der Waals surface area contributed by atoms with Crippen LogP contribution in [0.25, 0.3) is 0 Å². The van der Waals surface area contributed by atoms with E-state index in [1.54, 1.807) is 24.3 Å². The van der Waals surface area contributed by atoms with Gasteiger partial charge >= 0.3 is 0 Å². The van der Waals surface area contributed by atoms with Crippen LogP contribution in [0.1, 0.15) is 23.2 Å². The van der Waals surface area contributed by atoms with Crippen LogP contribution in [0.4, 0.5) is 0 Å². The number of nitrogens with zero attached hydrogens (tertiary/aromatic N) is 1. The summed E-state index contributed by atoms with van der Waals surface area (Å²) in [5.41, 5.74) is 5.39. The largest absolute Gasteiger partial charge is 0.315 e. The lowest BCUT2D eigenvalue weighted by Crippen LogP contribution is -2.50. The van der Waals surface area contributed by atoms with Crippen molar-refractivity contribution in [1.29, 1.82) is 0 Å². The Hall–Kier alpha value is -1.92. The molecule has 1 aliphatic rings. The van der Waals surface area contributed by atoms with Gasteiger partial charge in [-0.1, -0.05) is 18.2 Å². The van der Waals surface area contributed by atoms with Crippen molar-refractivity contribution in [2.24, 2.45) is 0 Å². The van der Waals surface area contributed by atoms with Gasteiger partial charge in [0.2, 0.25) is 0 Å². The number of carbonyl (C=O) groups is 2. The van der Waals surface area contributed by atoms with Crippen LogP contribution < -0.4 is 16.2 Å². The van der Waals surface area contributed by atoms with E-state index in [1.807, 2.05) is 18.0 Å². The first-order valence-electron chi connectivity index (χ1n) is 7.22. The molecule has 0 bridgehead atoms. The Bertz CT molecular complexity index is 472. The molecule has 3 N–H and O–H groups in total. The smallest absolute Gasteiger partial charge is 0.269 e. The summed E-state index contributed by atoms with van der Waals surface area (Å²) in [5, 5.41) is 3.32. The Kier molecular flexibility index (Phi) is 5.71. The highest BCUT2D eigenvalue weighted by Gasteiger charge is 2.19. The second-order valence-corrected chi connectivity index (χ2v) is 5.28. The zero-order chi connectivity index (χ0) is 15.1. The summed E-state index contributed by atoms with van der Waals surface area (Å²) < 4.78 is 0. The van der Waals surface area contributed by atoms with E-state index in [2.05, 4.69) is 16.2 Å². The first kappa shape index (κ1) is 15.5. The molecule has 6 heteroatoms. The molecule has 0 saturated carbocycles. The van der Waals surface area contributed by atoms with E-state index < -0.39 is 0 Å². The van der Waals surface area contributed by atoms with Crippen LogP contribution in [0.5, 0.6) is 0 Å². The monoisotopic (exact) mass is 290 g/mol. The molecule has 1 unspecified atom stereocenters. The Morgan fingerprint density at radius 2 is 2.05 bits per heavy atom. The van der Waals surface area contributed by atoms with Crippen LogP contribution in [-0.4, -0.2) is 49.4 Å². The SMILES string of the molecule is CN(CC(=O)NNC(=O)c1ccccc1)C1CCCNC1. The van der Waals surface area contributed by atoms with Gasteiger partial charge in [0, 0.05) is 18.2 Å². The maximum Gasteiger partial charge on any atom is 0.269 e. The van der Waals surface area contributed by atoms with Crippen molar-refractivity contribution in [2.75, 3.05) is 26.7 Å². The molecule has 1 aliphatic heterocycles. The fourth-order valence-electron chi connectivity index (χ4n) is 2.39. The molecule has 2 amide bonds. The molecule has 0 aromatic heterocycles. The van der Waals surface area contributed by atoms with Gasteiger partial charge in [0.25, 0.3) is 11.8 Å². The van der Waals surface area contributed by atoms with Crippen molar-refractivity contribution < 1.29 is 9.59 Å². The maximum absolute atomic E-state index is 11.8. The molecule has 6 nitrogen and oxygen atoms in total. The van der Waals surface area contributed by atoms with Crippen LogP contribution in [0, 0.1) is 0 Å². The predicted molar refractivity (Wildman–Crippen MR) is 80.6 cm³/mol. The van der Waals surface area contributed by atoms with E-state index in [1.165, 1.54) is 0 Å². The standard InChI is InChI=1S/C15H22N4O2/c1-19(13-8-5-9-16-10-13)11-14(20)17-18-15(21)12-6-3-2-4-7-12/h2-4,6-7,13,16H,5,8-11H2,1H3,(H,17,20)(H,18,21). The minimum atomic E-state index is -0.314. The van der Waals surface area contributed by atoms with Gasteiger partial charge in [-0.2, -0.15) is 0 Å². The average molecular weight is 290 g/mol. The Morgan fingerprint density at radius 1 is 1.29 bits per heavy atom. The summed E-state index contributed by atoms with van der Waals surface area (Å²) in [4.78, 5) is 25.6. The van der Waals surface area contributed by atoms with Gasteiger partial charge in [0.15, 0.2) is 0 Å². The minimum Gasteiger partial charge on any atom is -0.315 e. The van der Waals surface area contributed by atoms with Gasteiger partial charge in [-0.3, -0.25) is 25.3 Å². The van der Waals surface area contributed by atoms with E-state index in [0.717, 1.165) is 25.9 Å². The highest BCUT2D eigenvalue weighted by Crippen LogP contribution is 2.07. The zero-order valence-electron chi connectivity index (χ0n) is 12.3. The average Bonchev–Trinajstić information content (AvgIpc) is 2.54. The molecule has 0 aliphatic carbocycles. The third-order valence-corrected chi connectivity index (χ3v) is 3.64. The third-order valence-electron chi connectivity index (χ3n) is 3.64. The number of nitrogens with one attached hydrogen (secondary N) is 3. The van der Waals surface area contributed by atoms with Crippen molar-refractivity contribution >= 4 is 11.8 Å². The Balaban J connectivity index is 1.73. The molecule has 114 valence electrons. The van der Waals surface area contributed by atoms with Crippen molar-refractivity contribution in [2.45, 2.75) is 18.9 Å². The van der Waals surface area contributed by atoms with Crippen LogP contribution in [0.15, 0.2) is 30.3 Å². The highest BCUT2D eigenvalue weighted by molar-refractivity contribution is 5.95. The second kappa shape index (κ2) is 7.75. The first-order chi connectivity index (χ1) is 10.2. The number of piperidine rings is 1. The van der Waals surface area contributed by atoms with Gasteiger partial charge in [-0.05, 0) is 38.6 Å². The van der Waals surface area contributed by atoms with E-state index >= 15 is 0 Å². The van der Waals surface area contributed by atoms with Crippen LogP contribution in [0.3, 0.4) is 0 Å². The summed E-state index contributed by atoms with van der Waals surface area (Å²) >= 11 is 0. The lowest BCUT2D eigenvalue weighted by Gasteiger charge is -2.31. The van der Waals surface area contributed by atoms with E-state index in [9.17, 15) is 9.59 Å². The van der Waals surface area contributed by atoms with E-state index in [4.69, 9.17) is 0 Å². The first-order valence-corrected chi connectivity index (χ1v) is 7.22. The van der Waals surface area contributed by atoms with Crippen LogP contribution in [0.2, 0.25) is 0 Å². The number of hydrazine groups is 1. The lowest BCUT2D eigenvalue weighted by atomic mass is 10.1. The molecule has 2 rings (SSSR count). The maximum atomic E-state index is 11.8. The Labute approximate surface area is 124 Å². The van der Waals surface area contributed by atoms with E-state index in [0.29, 0.717) is 11.6 Å². The number of benzene rings is 1. The zero-order valence-corrected chi connectivity index (χ0v) is 12.3. The van der Waals surface area contributed by atoms with Crippen molar-refractivity contribution in [3.63, 3.8) is 0 Å². The summed E-state index contributed by atoms with van der Waals surface area (Å²) in [6.45, 7) is 2.21. The number of hydrogen-bond acceptors (Lipinski definition) is 4.